The standard InChI is InChI=1S/C10H9N2O/c1-8-7-10(13)12(11-8)9-5-3-2-4-6-9/h2-3,5-6H,7H2,1H3. The number of carbonyl (C=O) groups is 1. The topological polar surface area (TPSA) is 32.7 Å². The van der Waals surface area contributed by atoms with Gasteiger partial charge in [-0.1, -0.05) is 12.1 Å². The van der Waals surface area contributed by atoms with E-state index in [4.69, 9.17) is 0 Å². The Kier molecular flexibility index (Phi) is 1.85. The summed E-state index contributed by atoms with van der Waals surface area (Å²) >= 11 is 0. The lowest BCUT2D eigenvalue weighted by atomic mass is 10.3. The second-order valence-electron chi connectivity index (χ2n) is 2.98. The van der Waals surface area contributed by atoms with E-state index in [0.717, 1.165) is 11.4 Å². The number of rotatable bonds is 1. The Hall–Kier alpha value is -1.64. The van der Waals surface area contributed by atoms with Gasteiger partial charge in [-0.2, -0.15) is 5.10 Å². The fourth-order valence-corrected chi connectivity index (χ4v) is 1.27. The highest BCUT2D eigenvalue weighted by Gasteiger charge is 2.21. The molecule has 0 saturated heterocycles. The van der Waals surface area contributed by atoms with E-state index in [9.17, 15) is 4.79 Å². The Morgan fingerprint density at radius 2 is 2.46 bits per heavy atom. The van der Waals surface area contributed by atoms with Crippen molar-refractivity contribution in [1.82, 2.24) is 0 Å². The number of carbonyl (C=O) groups excluding carboxylic acids is 1. The Bertz CT molecular complexity index is 356. The van der Waals surface area contributed by atoms with Crippen molar-refractivity contribution in [2.45, 2.75) is 13.3 Å². The van der Waals surface area contributed by atoms with E-state index in [1.54, 1.807) is 12.1 Å². The lowest BCUT2D eigenvalue weighted by Crippen LogP contribution is -2.19. The molecule has 0 N–H and O–H groups in total. The second-order valence-corrected chi connectivity index (χ2v) is 2.98. The largest absolute Gasteiger partial charge is 0.272 e. The summed E-state index contributed by atoms with van der Waals surface area (Å²) in [4.78, 5) is 11.4. The number of amides is 1. The SMILES string of the molecule is CC1=NN(c2c[c]ccc2)C(=O)C1. The van der Waals surface area contributed by atoms with Gasteiger partial charge in [-0.15, -0.1) is 0 Å². The molecule has 0 bridgehead atoms. The Balaban J connectivity index is 2.33. The van der Waals surface area contributed by atoms with Crippen LogP contribution in [0.25, 0.3) is 0 Å². The molecule has 0 unspecified atom stereocenters. The van der Waals surface area contributed by atoms with Crippen molar-refractivity contribution in [2.75, 3.05) is 5.01 Å². The minimum Gasteiger partial charge on any atom is -0.272 e. The van der Waals surface area contributed by atoms with Crippen LogP contribution in [0.1, 0.15) is 13.3 Å². The zero-order valence-electron chi connectivity index (χ0n) is 7.32. The molecule has 1 amide bonds. The van der Waals surface area contributed by atoms with Crippen LogP contribution in [-0.2, 0) is 4.79 Å². The molecule has 1 aromatic rings. The fraction of sp³-hybridized carbons (Fsp3) is 0.200. The van der Waals surface area contributed by atoms with Gasteiger partial charge in [0.05, 0.1) is 12.1 Å². The molecule has 0 atom stereocenters. The summed E-state index contributed by atoms with van der Waals surface area (Å²) in [6.45, 7) is 1.85. The third-order valence-electron chi connectivity index (χ3n) is 1.85. The van der Waals surface area contributed by atoms with E-state index < -0.39 is 0 Å². The van der Waals surface area contributed by atoms with Gasteiger partial charge in [-0.05, 0) is 25.1 Å². The molecule has 0 saturated carbocycles. The van der Waals surface area contributed by atoms with Gasteiger partial charge in [-0.3, -0.25) is 4.79 Å². The van der Waals surface area contributed by atoms with Crippen molar-refractivity contribution in [2.24, 2.45) is 5.10 Å². The fourth-order valence-electron chi connectivity index (χ4n) is 1.27. The quantitative estimate of drug-likeness (QED) is 0.634. The number of hydrogen-bond donors (Lipinski definition) is 0. The van der Waals surface area contributed by atoms with Gasteiger partial charge in [-0.25, -0.2) is 5.01 Å². The molecule has 0 spiro atoms. The van der Waals surface area contributed by atoms with Crippen LogP contribution in [0.15, 0.2) is 29.4 Å². The summed E-state index contributed by atoms with van der Waals surface area (Å²) in [5, 5.41) is 5.54. The molecule has 65 valence electrons. The maximum absolute atomic E-state index is 11.4. The Morgan fingerprint density at radius 3 is 3.00 bits per heavy atom. The molecule has 2 rings (SSSR count). The molecule has 0 aromatic heterocycles. The van der Waals surface area contributed by atoms with Gasteiger partial charge < -0.3 is 0 Å². The van der Waals surface area contributed by atoms with Crippen LogP contribution in [0, 0.1) is 6.07 Å². The maximum Gasteiger partial charge on any atom is 0.253 e. The van der Waals surface area contributed by atoms with E-state index >= 15 is 0 Å². The average Bonchev–Trinajstić information content (AvgIpc) is 2.47. The van der Waals surface area contributed by atoms with Gasteiger partial charge in [0.1, 0.15) is 0 Å². The lowest BCUT2D eigenvalue weighted by Gasteiger charge is -2.10. The number of nitrogens with zero attached hydrogens (tertiary/aromatic N) is 2. The highest BCUT2D eigenvalue weighted by atomic mass is 16.2. The predicted molar refractivity (Wildman–Crippen MR) is 50.5 cm³/mol. The van der Waals surface area contributed by atoms with Crippen molar-refractivity contribution in [3.63, 3.8) is 0 Å². The zero-order valence-corrected chi connectivity index (χ0v) is 7.32. The first kappa shape index (κ1) is 7.98. The number of hydrogen-bond acceptors (Lipinski definition) is 2. The average molecular weight is 173 g/mol. The van der Waals surface area contributed by atoms with Gasteiger partial charge in [0.25, 0.3) is 5.91 Å². The van der Waals surface area contributed by atoms with Crippen molar-refractivity contribution < 1.29 is 4.79 Å². The normalized spacial score (nSPS) is 16.2. The first-order valence-electron chi connectivity index (χ1n) is 4.10. The molecule has 1 aliphatic heterocycles. The van der Waals surface area contributed by atoms with E-state index in [0.29, 0.717) is 6.42 Å². The molecule has 3 nitrogen and oxygen atoms in total. The van der Waals surface area contributed by atoms with E-state index in [2.05, 4.69) is 11.2 Å². The first-order chi connectivity index (χ1) is 6.27. The summed E-state index contributed by atoms with van der Waals surface area (Å²) in [5.41, 5.74) is 1.64. The Morgan fingerprint density at radius 1 is 1.62 bits per heavy atom. The maximum atomic E-state index is 11.4. The van der Waals surface area contributed by atoms with E-state index in [1.807, 2.05) is 19.1 Å². The highest BCUT2D eigenvalue weighted by Crippen LogP contribution is 2.18. The van der Waals surface area contributed by atoms with Crippen LogP contribution >= 0.6 is 0 Å². The molecule has 1 heterocycles. The third kappa shape index (κ3) is 1.45. The van der Waals surface area contributed by atoms with Gasteiger partial charge >= 0.3 is 0 Å². The van der Waals surface area contributed by atoms with Crippen molar-refractivity contribution in [3.8, 4) is 0 Å². The van der Waals surface area contributed by atoms with Crippen LogP contribution in [0.5, 0.6) is 0 Å². The Labute approximate surface area is 76.7 Å². The van der Waals surface area contributed by atoms with Crippen LogP contribution in [0.2, 0.25) is 0 Å². The van der Waals surface area contributed by atoms with E-state index in [1.165, 1.54) is 5.01 Å². The monoisotopic (exact) mass is 173 g/mol. The van der Waals surface area contributed by atoms with Crippen molar-refractivity contribution in [1.29, 1.82) is 0 Å². The van der Waals surface area contributed by atoms with Crippen LogP contribution in [0.3, 0.4) is 0 Å². The molecule has 0 aliphatic carbocycles. The summed E-state index contributed by atoms with van der Waals surface area (Å²) in [5.74, 6) is 0.0251. The van der Waals surface area contributed by atoms with E-state index in [-0.39, 0.29) is 5.91 Å². The molecule has 1 radical (unpaired) electrons. The third-order valence-corrected chi connectivity index (χ3v) is 1.85. The summed E-state index contributed by atoms with van der Waals surface area (Å²) in [6.07, 6.45) is 0.425. The summed E-state index contributed by atoms with van der Waals surface area (Å²) in [7, 11) is 0. The zero-order chi connectivity index (χ0) is 9.26. The minimum absolute atomic E-state index is 0.0251. The number of hydrazone groups is 1. The lowest BCUT2D eigenvalue weighted by molar-refractivity contribution is -0.116. The molecule has 1 aliphatic rings. The molecule has 13 heavy (non-hydrogen) atoms. The molecule has 1 aromatic carbocycles. The molecular weight excluding hydrogens is 164 g/mol. The molecule has 3 heteroatoms. The van der Waals surface area contributed by atoms with Crippen LogP contribution in [0.4, 0.5) is 5.69 Å². The highest BCUT2D eigenvalue weighted by molar-refractivity contribution is 6.12. The summed E-state index contributed by atoms with van der Waals surface area (Å²) in [6, 6.07) is 10.1. The van der Waals surface area contributed by atoms with Gasteiger partial charge in [0.15, 0.2) is 0 Å². The minimum atomic E-state index is 0.0251. The summed E-state index contributed by atoms with van der Waals surface area (Å²) < 4.78 is 0. The first-order valence-corrected chi connectivity index (χ1v) is 4.10. The molecule has 0 fully saturated rings. The number of benzene rings is 1. The second kappa shape index (κ2) is 3.01. The van der Waals surface area contributed by atoms with Crippen LogP contribution < -0.4 is 5.01 Å². The van der Waals surface area contributed by atoms with Crippen LogP contribution in [-0.4, -0.2) is 11.6 Å². The van der Waals surface area contributed by atoms with Crippen molar-refractivity contribution in [3.05, 3.63) is 30.3 Å². The predicted octanol–water partition coefficient (Wildman–Crippen LogP) is 1.60. The van der Waals surface area contributed by atoms with Crippen molar-refractivity contribution >= 4 is 17.3 Å². The van der Waals surface area contributed by atoms with Gasteiger partial charge in [0, 0.05) is 5.71 Å². The smallest absolute Gasteiger partial charge is 0.253 e. The molecular formula is C10H9N2O. The number of anilines is 1. The van der Waals surface area contributed by atoms with Gasteiger partial charge in [0.2, 0.25) is 0 Å².